The molecule has 0 fully saturated rings. The summed E-state index contributed by atoms with van der Waals surface area (Å²) in [7, 11) is 0. The van der Waals surface area contributed by atoms with Crippen LogP contribution in [0.3, 0.4) is 0 Å². The van der Waals surface area contributed by atoms with Crippen molar-refractivity contribution in [2.24, 2.45) is 0 Å². The number of aryl methyl sites for hydroxylation is 1. The molecule has 1 N–H and O–H groups in total. The third-order valence-corrected chi connectivity index (χ3v) is 5.52. The Hall–Kier alpha value is -4.03. The van der Waals surface area contributed by atoms with E-state index in [0.29, 0.717) is 32.3 Å². The maximum atomic E-state index is 13.2. The second kappa shape index (κ2) is 8.38. The summed E-state index contributed by atoms with van der Waals surface area (Å²) in [6.07, 6.45) is 0. The third-order valence-electron chi connectivity index (χ3n) is 4.43. The van der Waals surface area contributed by atoms with Crippen molar-refractivity contribution < 1.29 is 18.7 Å². The van der Waals surface area contributed by atoms with E-state index in [9.17, 15) is 14.0 Å². The number of nitrogens with one attached hydrogen (secondary N) is 1. The number of ether oxygens (including phenoxy) is 1. The van der Waals surface area contributed by atoms with Gasteiger partial charge in [-0.1, -0.05) is 6.07 Å². The molecule has 2 heterocycles. The molecule has 2 aromatic heterocycles. The van der Waals surface area contributed by atoms with Crippen LogP contribution in [0.5, 0.6) is 0 Å². The zero-order chi connectivity index (χ0) is 22.0. The van der Waals surface area contributed by atoms with E-state index < -0.39 is 18.5 Å². The number of esters is 1. The van der Waals surface area contributed by atoms with E-state index in [1.165, 1.54) is 29.5 Å². The number of carbonyl (C=O) groups excluding carboxylic acids is 2. The number of nitrogens with zero attached hydrogens (tertiary/aromatic N) is 3. The molecule has 0 bridgehead atoms. The van der Waals surface area contributed by atoms with Crippen molar-refractivity contribution in [1.82, 2.24) is 9.78 Å². The van der Waals surface area contributed by atoms with E-state index in [4.69, 9.17) is 10.00 Å². The topological polar surface area (TPSA) is 97.0 Å². The summed E-state index contributed by atoms with van der Waals surface area (Å²) in [5.74, 6) is -1.50. The lowest BCUT2D eigenvalue weighted by molar-refractivity contribution is -0.119. The van der Waals surface area contributed by atoms with E-state index >= 15 is 0 Å². The van der Waals surface area contributed by atoms with Gasteiger partial charge in [0.15, 0.2) is 6.61 Å². The standard InChI is InChI=1S/C22H15FN4O3S/c1-13-18-10-19(31-21(18)27(26-13)17-7-5-15(23)6-8-17)22(29)30-12-20(28)25-16-4-2-3-14(9-16)11-24/h2-10H,12H2,1H3,(H,25,28). The molecule has 4 rings (SSSR count). The molecule has 0 aliphatic rings. The fraction of sp³-hybridized carbons (Fsp3) is 0.0909. The van der Waals surface area contributed by atoms with Crippen LogP contribution in [-0.4, -0.2) is 28.3 Å². The van der Waals surface area contributed by atoms with Gasteiger partial charge in [0.1, 0.15) is 15.5 Å². The minimum atomic E-state index is -0.632. The van der Waals surface area contributed by atoms with Gasteiger partial charge in [-0.15, -0.1) is 11.3 Å². The van der Waals surface area contributed by atoms with Crippen molar-refractivity contribution in [2.75, 3.05) is 11.9 Å². The number of benzene rings is 2. The number of nitriles is 1. The lowest BCUT2D eigenvalue weighted by Gasteiger charge is -2.06. The Labute approximate surface area is 180 Å². The van der Waals surface area contributed by atoms with Gasteiger partial charge in [-0.2, -0.15) is 10.4 Å². The number of carbonyl (C=O) groups is 2. The Morgan fingerprint density at radius 2 is 2.00 bits per heavy atom. The van der Waals surface area contributed by atoms with Gasteiger partial charge in [-0.3, -0.25) is 4.79 Å². The minimum Gasteiger partial charge on any atom is -0.451 e. The number of aromatic nitrogens is 2. The lowest BCUT2D eigenvalue weighted by atomic mass is 10.2. The predicted molar refractivity (Wildman–Crippen MR) is 114 cm³/mol. The average molecular weight is 434 g/mol. The molecule has 0 aliphatic carbocycles. The van der Waals surface area contributed by atoms with Gasteiger partial charge >= 0.3 is 5.97 Å². The summed E-state index contributed by atoms with van der Waals surface area (Å²) in [6, 6.07) is 16.0. The molecule has 0 radical (unpaired) electrons. The molecule has 7 nitrogen and oxygen atoms in total. The molecule has 0 unspecified atom stereocenters. The number of fused-ring (bicyclic) bond motifs is 1. The summed E-state index contributed by atoms with van der Waals surface area (Å²) >= 11 is 1.18. The van der Waals surface area contributed by atoms with E-state index in [1.54, 1.807) is 41.1 Å². The van der Waals surface area contributed by atoms with Crippen LogP contribution < -0.4 is 5.32 Å². The van der Waals surface area contributed by atoms with Gasteiger partial charge in [0.25, 0.3) is 5.91 Å². The van der Waals surface area contributed by atoms with Gasteiger partial charge < -0.3 is 10.1 Å². The maximum Gasteiger partial charge on any atom is 0.348 e. The van der Waals surface area contributed by atoms with E-state index in [1.807, 2.05) is 13.0 Å². The Morgan fingerprint density at radius 1 is 1.23 bits per heavy atom. The Morgan fingerprint density at radius 3 is 2.74 bits per heavy atom. The molecular formula is C22H15FN4O3S. The Bertz CT molecular complexity index is 1340. The van der Waals surface area contributed by atoms with E-state index in [-0.39, 0.29) is 5.82 Å². The fourth-order valence-electron chi connectivity index (χ4n) is 2.97. The SMILES string of the molecule is Cc1nn(-c2ccc(F)cc2)c2sc(C(=O)OCC(=O)Nc3cccc(C#N)c3)cc12. The number of amides is 1. The Balaban J connectivity index is 1.47. The molecule has 1 amide bonds. The van der Waals surface area contributed by atoms with Crippen LogP contribution in [-0.2, 0) is 9.53 Å². The van der Waals surface area contributed by atoms with Crippen LogP contribution in [0.2, 0.25) is 0 Å². The predicted octanol–water partition coefficient (Wildman–Crippen LogP) is 4.20. The minimum absolute atomic E-state index is 0.325. The van der Waals surface area contributed by atoms with Crippen LogP contribution >= 0.6 is 11.3 Å². The molecule has 2 aromatic carbocycles. The van der Waals surface area contributed by atoms with Crippen molar-refractivity contribution in [3.05, 3.63) is 76.5 Å². The summed E-state index contributed by atoms with van der Waals surface area (Å²) in [5, 5.41) is 16.7. The lowest BCUT2D eigenvalue weighted by Crippen LogP contribution is -2.20. The smallest absolute Gasteiger partial charge is 0.348 e. The number of hydrogen-bond acceptors (Lipinski definition) is 6. The first-order valence-corrected chi connectivity index (χ1v) is 9.98. The second-order valence-corrected chi connectivity index (χ2v) is 7.65. The highest BCUT2D eigenvalue weighted by molar-refractivity contribution is 7.20. The second-order valence-electron chi connectivity index (χ2n) is 6.62. The van der Waals surface area contributed by atoms with Crippen molar-refractivity contribution in [3.63, 3.8) is 0 Å². The summed E-state index contributed by atoms with van der Waals surface area (Å²) < 4.78 is 20.0. The van der Waals surface area contributed by atoms with Crippen molar-refractivity contribution >= 4 is 39.1 Å². The van der Waals surface area contributed by atoms with Crippen LogP contribution in [0, 0.1) is 24.1 Å². The highest BCUT2D eigenvalue weighted by Gasteiger charge is 2.19. The number of anilines is 1. The van der Waals surface area contributed by atoms with Crippen LogP contribution in [0.4, 0.5) is 10.1 Å². The van der Waals surface area contributed by atoms with Crippen molar-refractivity contribution in [2.45, 2.75) is 6.92 Å². The number of hydrogen-bond donors (Lipinski definition) is 1. The largest absolute Gasteiger partial charge is 0.451 e. The normalized spacial score (nSPS) is 10.6. The monoisotopic (exact) mass is 434 g/mol. The van der Waals surface area contributed by atoms with Crippen molar-refractivity contribution in [1.29, 1.82) is 5.26 Å². The summed E-state index contributed by atoms with van der Waals surface area (Å²) in [5.41, 5.74) is 2.23. The van der Waals surface area contributed by atoms with Gasteiger partial charge in [-0.05, 0) is 55.5 Å². The first-order valence-electron chi connectivity index (χ1n) is 9.17. The van der Waals surface area contributed by atoms with E-state index in [2.05, 4.69) is 10.4 Å². The van der Waals surface area contributed by atoms with Gasteiger partial charge in [0, 0.05) is 11.1 Å². The first kappa shape index (κ1) is 20.3. The molecule has 9 heteroatoms. The van der Waals surface area contributed by atoms with Gasteiger partial charge in [0.05, 0.1) is 23.0 Å². The van der Waals surface area contributed by atoms with Crippen LogP contribution in [0.1, 0.15) is 20.9 Å². The van der Waals surface area contributed by atoms with Crippen LogP contribution in [0.25, 0.3) is 15.9 Å². The van der Waals surface area contributed by atoms with Gasteiger partial charge in [-0.25, -0.2) is 13.9 Å². The van der Waals surface area contributed by atoms with Gasteiger partial charge in [0.2, 0.25) is 0 Å². The summed E-state index contributed by atoms with van der Waals surface area (Å²) in [4.78, 5) is 25.6. The third kappa shape index (κ3) is 4.29. The molecule has 154 valence electrons. The average Bonchev–Trinajstić information content (AvgIpc) is 3.33. The zero-order valence-electron chi connectivity index (χ0n) is 16.3. The molecule has 0 spiro atoms. The van der Waals surface area contributed by atoms with E-state index in [0.717, 1.165) is 5.39 Å². The van der Waals surface area contributed by atoms with Crippen LogP contribution in [0.15, 0.2) is 54.6 Å². The number of rotatable bonds is 5. The summed E-state index contributed by atoms with van der Waals surface area (Å²) in [6.45, 7) is 1.35. The molecule has 0 atom stereocenters. The zero-order valence-corrected chi connectivity index (χ0v) is 17.1. The quantitative estimate of drug-likeness (QED) is 0.475. The molecule has 0 saturated carbocycles. The molecular weight excluding hydrogens is 419 g/mol. The molecule has 0 saturated heterocycles. The fourth-order valence-corrected chi connectivity index (χ4v) is 4.05. The highest BCUT2D eigenvalue weighted by atomic mass is 32.1. The first-order chi connectivity index (χ1) is 14.9. The highest BCUT2D eigenvalue weighted by Crippen LogP contribution is 2.30. The molecule has 4 aromatic rings. The molecule has 31 heavy (non-hydrogen) atoms. The Kier molecular flexibility index (Phi) is 5.47. The maximum absolute atomic E-state index is 13.2. The molecule has 0 aliphatic heterocycles. The van der Waals surface area contributed by atoms with Crippen molar-refractivity contribution in [3.8, 4) is 11.8 Å². The number of thiophene rings is 1. The number of halogens is 1.